The lowest BCUT2D eigenvalue weighted by Gasteiger charge is -2.43. The van der Waals surface area contributed by atoms with E-state index in [9.17, 15) is 9.90 Å². The molecule has 4 heterocycles. The van der Waals surface area contributed by atoms with Gasteiger partial charge < -0.3 is 10.1 Å². The van der Waals surface area contributed by atoms with Crippen LogP contribution in [0.25, 0.3) is 10.9 Å². The molecule has 2 saturated heterocycles. The second-order valence-electron chi connectivity index (χ2n) is 9.44. The molecule has 6 nitrogen and oxygen atoms in total. The molecule has 0 amide bonds. The number of hydrogen-bond acceptors (Lipinski definition) is 4. The van der Waals surface area contributed by atoms with Crippen molar-refractivity contribution in [1.29, 1.82) is 0 Å². The molecule has 0 saturated carbocycles. The first-order valence-corrected chi connectivity index (χ1v) is 10.9. The van der Waals surface area contributed by atoms with Gasteiger partial charge in [0.15, 0.2) is 0 Å². The predicted octanol–water partition coefficient (Wildman–Crippen LogP) is 3.21. The van der Waals surface area contributed by atoms with Gasteiger partial charge in [0.25, 0.3) is 5.56 Å². The van der Waals surface area contributed by atoms with Gasteiger partial charge in [-0.3, -0.25) is 9.69 Å². The molecule has 2 aromatic heterocycles. The van der Waals surface area contributed by atoms with Crippen molar-refractivity contribution < 1.29 is 5.11 Å². The molecule has 158 valence electrons. The number of aliphatic hydroxyl groups is 1. The van der Waals surface area contributed by atoms with Crippen LogP contribution in [0.5, 0.6) is 0 Å². The lowest BCUT2D eigenvalue weighted by atomic mass is 9.85. The first-order chi connectivity index (χ1) is 14.3. The van der Waals surface area contributed by atoms with Gasteiger partial charge >= 0.3 is 0 Å². The molecule has 0 aliphatic carbocycles. The minimum Gasteiger partial charge on any atom is -0.388 e. The minimum absolute atomic E-state index is 0.146. The summed E-state index contributed by atoms with van der Waals surface area (Å²) in [5.41, 5.74) is 4.84. The third kappa shape index (κ3) is 3.38. The van der Waals surface area contributed by atoms with Crippen LogP contribution in [0, 0.1) is 20.8 Å². The Hall–Kier alpha value is -2.44. The van der Waals surface area contributed by atoms with Crippen molar-refractivity contribution in [3.63, 3.8) is 0 Å². The van der Waals surface area contributed by atoms with E-state index in [4.69, 9.17) is 0 Å². The van der Waals surface area contributed by atoms with E-state index in [-0.39, 0.29) is 12.1 Å². The number of piperidine rings is 1. The van der Waals surface area contributed by atoms with Crippen LogP contribution < -0.4 is 5.56 Å². The van der Waals surface area contributed by atoms with E-state index in [1.54, 1.807) is 6.07 Å². The third-order valence-electron chi connectivity index (χ3n) is 7.10. The van der Waals surface area contributed by atoms with Crippen molar-refractivity contribution in [2.75, 3.05) is 0 Å². The number of nitrogens with one attached hydrogen (secondary N) is 1. The van der Waals surface area contributed by atoms with Gasteiger partial charge in [-0.1, -0.05) is 11.6 Å². The average molecular weight is 407 g/mol. The van der Waals surface area contributed by atoms with E-state index in [1.807, 2.05) is 6.92 Å². The highest BCUT2D eigenvalue weighted by Crippen LogP contribution is 2.42. The largest absolute Gasteiger partial charge is 0.388 e. The van der Waals surface area contributed by atoms with E-state index in [0.29, 0.717) is 24.9 Å². The Kier molecular flexibility index (Phi) is 4.60. The lowest BCUT2D eigenvalue weighted by Crippen LogP contribution is -2.53. The quantitative estimate of drug-likeness (QED) is 0.698. The molecule has 5 rings (SSSR count). The number of aryl methyl sites for hydroxylation is 3. The Morgan fingerprint density at radius 3 is 2.60 bits per heavy atom. The highest BCUT2D eigenvalue weighted by molar-refractivity contribution is 5.85. The molecule has 2 N–H and O–H groups in total. The van der Waals surface area contributed by atoms with Crippen LogP contribution in [0.4, 0.5) is 0 Å². The number of hydrogen-bond donors (Lipinski definition) is 2. The fourth-order valence-corrected chi connectivity index (χ4v) is 5.58. The summed E-state index contributed by atoms with van der Waals surface area (Å²) in [5, 5.41) is 17.0. The van der Waals surface area contributed by atoms with Crippen molar-refractivity contribution >= 4 is 10.9 Å². The number of H-pyrrole nitrogens is 1. The normalized spacial score (nSPS) is 26.5. The zero-order valence-electron chi connectivity index (χ0n) is 18.0. The Bertz CT molecular complexity index is 1150. The topological polar surface area (TPSA) is 74.2 Å². The Morgan fingerprint density at radius 1 is 1.13 bits per heavy atom. The average Bonchev–Trinajstić information content (AvgIpc) is 3.13. The zero-order chi connectivity index (χ0) is 21.0. The zero-order valence-corrected chi connectivity index (χ0v) is 18.0. The molecule has 0 spiro atoms. The summed E-state index contributed by atoms with van der Waals surface area (Å²) in [6, 6.07) is 10.5. The van der Waals surface area contributed by atoms with Gasteiger partial charge in [0.05, 0.1) is 17.8 Å². The molecule has 2 aliphatic rings. The number of benzene rings is 1. The molecule has 0 radical (unpaired) electrons. The molecular weight excluding hydrogens is 376 g/mol. The van der Waals surface area contributed by atoms with Crippen molar-refractivity contribution in [1.82, 2.24) is 19.7 Å². The SMILES string of the molecule is Cc1ccc2[nH]c(CN3C4CCC3CC(O)(Cn3nc(C)ccc3=O)C4)c(C)c2c1. The summed E-state index contributed by atoms with van der Waals surface area (Å²) in [7, 11) is 0. The minimum atomic E-state index is -0.875. The number of aromatic nitrogens is 3. The van der Waals surface area contributed by atoms with Crippen LogP contribution >= 0.6 is 0 Å². The fourth-order valence-electron chi connectivity index (χ4n) is 5.58. The second-order valence-corrected chi connectivity index (χ2v) is 9.44. The maximum absolute atomic E-state index is 12.2. The highest BCUT2D eigenvalue weighted by atomic mass is 16.3. The van der Waals surface area contributed by atoms with Crippen molar-refractivity contribution in [2.24, 2.45) is 0 Å². The smallest absolute Gasteiger partial charge is 0.266 e. The van der Waals surface area contributed by atoms with Gasteiger partial charge in [0.2, 0.25) is 0 Å². The number of rotatable bonds is 4. The fraction of sp³-hybridized carbons (Fsp3) is 0.500. The number of fused-ring (bicyclic) bond motifs is 3. The van der Waals surface area contributed by atoms with Gasteiger partial charge in [0.1, 0.15) is 0 Å². The van der Waals surface area contributed by atoms with E-state index in [1.165, 1.54) is 38.5 Å². The van der Waals surface area contributed by atoms with Crippen LogP contribution in [0.15, 0.2) is 35.1 Å². The molecule has 1 aromatic carbocycles. The predicted molar refractivity (Wildman–Crippen MR) is 118 cm³/mol. The monoisotopic (exact) mass is 406 g/mol. The molecule has 2 fully saturated rings. The summed E-state index contributed by atoms with van der Waals surface area (Å²) < 4.78 is 1.44. The van der Waals surface area contributed by atoms with E-state index >= 15 is 0 Å². The molecule has 6 heteroatoms. The van der Waals surface area contributed by atoms with Gasteiger partial charge in [-0.2, -0.15) is 5.10 Å². The second kappa shape index (κ2) is 7.06. The first kappa shape index (κ1) is 19.5. The Morgan fingerprint density at radius 2 is 1.87 bits per heavy atom. The van der Waals surface area contributed by atoms with Crippen LogP contribution in [0.1, 0.15) is 48.2 Å². The van der Waals surface area contributed by atoms with Gasteiger partial charge in [-0.15, -0.1) is 0 Å². The van der Waals surface area contributed by atoms with Crippen LogP contribution in [0.2, 0.25) is 0 Å². The summed E-state index contributed by atoms with van der Waals surface area (Å²) in [4.78, 5) is 18.4. The number of nitrogens with zero attached hydrogens (tertiary/aromatic N) is 3. The van der Waals surface area contributed by atoms with Gasteiger partial charge in [-0.05, 0) is 70.2 Å². The summed E-state index contributed by atoms with van der Waals surface area (Å²) >= 11 is 0. The molecule has 30 heavy (non-hydrogen) atoms. The van der Waals surface area contributed by atoms with Gasteiger partial charge in [-0.25, -0.2) is 4.68 Å². The maximum Gasteiger partial charge on any atom is 0.266 e. The maximum atomic E-state index is 12.2. The molecule has 2 aliphatic heterocycles. The standard InChI is InChI=1S/C24H30N4O2/c1-15-4-8-21-20(10-15)17(3)22(25-21)13-27-18-6-7-19(27)12-24(30,11-18)14-28-23(29)9-5-16(2)26-28/h4-5,8-10,18-19,25,30H,6-7,11-14H2,1-3H3. The summed E-state index contributed by atoms with van der Waals surface area (Å²) in [5.74, 6) is 0. The third-order valence-corrected chi connectivity index (χ3v) is 7.10. The molecule has 2 unspecified atom stereocenters. The van der Waals surface area contributed by atoms with Crippen molar-refractivity contribution in [3.05, 3.63) is 63.2 Å². The van der Waals surface area contributed by atoms with E-state index in [0.717, 1.165) is 25.1 Å². The van der Waals surface area contributed by atoms with Crippen LogP contribution in [-0.2, 0) is 13.1 Å². The van der Waals surface area contributed by atoms with Gasteiger partial charge in [0, 0.05) is 41.3 Å². The Labute approximate surface area is 176 Å². The highest BCUT2D eigenvalue weighted by Gasteiger charge is 2.48. The summed E-state index contributed by atoms with van der Waals surface area (Å²) in [6.45, 7) is 7.36. The number of aromatic amines is 1. The van der Waals surface area contributed by atoms with E-state index in [2.05, 4.69) is 47.0 Å². The molecule has 2 bridgehead atoms. The molecule has 2 atom stereocenters. The summed E-state index contributed by atoms with van der Waals surface area (Å²) in [6.07, 6.45) is 3.57. The Balaban J connectivity index is 1.36. The molecular formula is C24H30N4O2. The lowest BCUT2D eigenvalue weighted by molar-refractivity contribution is -0.0680. The van der Waals surface area contributed by atoms with Crippen LogP contribution in [0.3, 0.4) is 0 Å². The first-order valence-electron chi connectivity index (χ1n) is 10.9. The molecule has 3 aromatic rings. The van der Waals surface area contributed by atoms with Crippen molar-refractivity contribution in [2.45, 2.75) is 77.2 Å². The van der Waals surface area contributed by atoms with Crippen LogP contribution in [-0.4, -0.2) is 42.5 Å². The van der Waals surface area contributed by atoms with Crippen molar-refractivity contribution in [3.8, 4) is 0 Å². The van der Waals surface area contributed by atoms with E-state index < -0.39 is 5.60 Å².